The lowest BCUT2D eigenvalue weighted by molar-refractivity contribution is 0.171. The Morgan fingerprint density at radius 3 is 2.60 bits per heavy atom. The molecule has 0 radical (unpaired) electrons. The number of aryl methyl sites for hydroxylation is 1. The summed E-state index contributed by atoms with van der Waals surface area (Å²) in [6.07, 6.45) is 4.25. The van der Waals surface area contributed by atoms with Crippen molar-refractivity contribution in [1.29, 1.82) is 0 Å². The third-order valence-electron chi connectivity index (χ3n) is 5.60. The molecule has 7 heteroatoms. The average molecular weight is 399 g/mol. The Morgan fingerprint density at radius 2 is 1.70 bits per heavy atom. The third-order valence-corrected chi connectivity index (χ3v) is 5.60. The molecule has 7 nitrogen and oxygen atoms in total. The molecule has 6 rings (SSSR count). The zero-order chi connectivity index (χ0) is 19.9. The second kappa shape index (κ2) is 7.02. The Balaban J connectivity index is 1.48. The molecule has 0 saturated heterocycles. The molecule has 0 fully saturated rings. The number of rotatable bonds is 3. The molecule has 0 saturated carbocycles. The van der Waals surface area contributed by atoms with Crippen LogP contribution in [0.4, 0.5) is 11.5 Å². The molecule has 30 heavy (non-hydrogen) atoms. The van der Waals surface area contributed by atoms with E-state index in [1.54, 1.807) is 0 Å². The monoisotopic (exact) mass is 399 g/mol. The predicted molar refractivity (Wildman–Crippen MR) is 114 cm³/mol. The van der Waals surface area contributed by atoms with Crippen molar-refractivity contribution in [2.45, 2.75) is 25.7 Å². The largest absolute Gasteiger partial charge is 0.486 e. The SMILES string of the molecule is c1ccc(-c2nc3nc4c(c(Nc5ccc6c(c5)OCCO6)n3n2)CCCC4)cc1. The molecule has 1 aliphatic carbocycles. The van der Waals surface area contributed by atoms with Crippen LogP contribution in [0.5, 0.6) is 11.5 Å². The second-order valence-electron chi connectivity index (χ2n) is 7.59. The molecule has 0 amide bonds. The molecule has 0 spiro atoms. The van der Waals surface area contributed by atoms with Crippen molar-refractivity contribution >= 4 is 17.3 Å². The van der Waals surface area contributed by atoms with Gasteiger partial charge in [-0.25, -0.2) is 4.98 Å². The molecular formula is C23H21N5O2. The smallest absolute Gasteiger partial charge is 0.254 e. The highest BCUT2D eigenvalue weighted by atomic mass is 16.6. The molecule has 2 aromatic carbocycles. The molecule has 150 valence electrons. The lowest BCUT2D eigenvalue weighted by atomic mass is 9.96. The first-order chi connectivity index (χ1) is 14.8. The fraction of sp³-hybridized carbons (Fsp3) is 0.261. The lowest BCUT2D eigenvalue weighted by Crippen LogP contribution is -2.16. The zero-order valence-corrected chi connectivity index (χ0v) is 16.5. The fourth-order valence-electron chi connectivity index (χ4n) is 4.14. The van der Waals surface area contributed by atoms with Crippen molar-refractivity contribution in [3.05, 3.63) is 59.8 Å². The fourth-order valence-corrected chi connectivity index (χ4v) is 4.14. The number of anilines is 2. The van der Waals surface area contributed by atoms with Crippen LogP contribution in [0.15, 0.2) is 48.5 Å². The van der Waals surface area contributed by atoms with Crippen LogP contribution in [0.3, 0.4) is 0 Å². The molecule has 0 unspecified atom stereocenters. The van der Waals surface area contributed by atoms with Gasteiger partial charge in [0.25, 0.3) is 5.78 Å². The number of nitrogens with zero attached hydrogens (tertiary/aromatic N) is 4. The Hall–Kier alpha value is -3.61. The van der Waals surface area contributed by atoms with Crippen LogP contribution in [0, 0.1) is 0 Å². The summed E-state index contributed by atoms with van der Waals surface area (Å²) >= 11 is 0. The van der Waals surface area contributed by atoms with Crippen molar-refractivity contribution in [1.82, 2.24) is 19.6 Å². The van der Waals surface area contributed by atoms with E-state index in [0.717, 1.165) is 59.9 Å². The van der Waals surface area contributed by atoms with Crippen molar-refractivity contribution < 1.29 is 9.47 Å². The highest BCUT2D eigenvalue weighted by molar-refractivity contribution is 5.67. The van der Waals surface area contributed by atoms with Crippen LogP contribution >= 0.6 is 0 Å². The third kappa shape index (κ3) is 2.94. The van der Waals surface area contributed by atoms with E-state index in [1.165, 1.54) is 5.56 Å². The van der Waals surface area contributed by atoms with Crippen molar-refractivity contribution in [2.24, 2.45) is 0 Å². The molecule has 4 aromatic rings. The van der Waals surface area contributed by atoms with Gasteiger partial charge in [0.15, 0.2) is 17.3 Å². The zero-order valence-electron chi connectivity index (χ0n) is 16.5. The van der Waals surface area contributed by atoms with Gasteiger partial charge in [-0.15, -0.1) is 5.10 Å². The quantitative estimate of drug-likeness (QED) is 0.557. The van der Waals surface area contributed by atoms with E-state index in [2.05, 4.69) is 5.32 Å². The summed E-state index contributed by atoms with van der Waals surface area (Å²) in [4.78, 5) is 9.56. The minimum absolute atomic E-state index is 0.564. The van der Waals surface area contributed by atoms with E-state index < -0.39 is 0 Å². The molecule has 2 aliphatic rings. The Bertz CT molecular complexity index is 1240. The van der Waals surface area contributed by atoms with Gasteiger partial charge >= 0.3 is 0 Å². The number of fused-ring (bicyclic) bond motifs is 3. The van der Waals surface area contributed by atoms with E-state index in [4.69, 9.17) is 24.5 Å². The van der Waals surface area contributed by atoms with Gasteiger partial charge in [-0.3, -0.25) is 0 Å². The summed E-state index contributed by atoms with van der Waals surface area (Å²) in [5.41, 5.74) is 4.23. The predicted octanol–water partition coefficient (Wildman–Crippen LogP) is 4.18. The van der Waals surface area contributed by atoms with Crippen molar-refractivity contribution in [2.75, 3.05) is 18.5 Å². The molecule has 1 aliphatic heterocycles. The van der Waals surface area contributed by atoms with Crippen LogP contribution < -0.4 is 14.8 Å². The van der Waals surface area contributed by atoms with Gasteiger partial charge in [-0.2, -0.15) is 9.50 Å². The maximum atomic E-state index is 5.75. The summed E-state index contributed by atoms with van der Waals surface area (Å²) < 4.78 is 13.2. The average Bonchev–Trinajstić information content (AvgIpc) is 3.23. The minimum atomic E-state index is 0.564. The van der Waals surface area contributed by atoms with E-state index in [9.17, 15) is 0 Å². The van der Waals surface area contributed by atoms with Crippen molar-refractivity contribution in [3.8, 4) is 22.9 Å². The van der Waals surface area contributed by atoms with Crippen LogP contribution in [-0.2, 0) is 12.8 Å². The molecular weight excluding hydrogens is 378 g/mol. The summed E-state index contributed by atoms with van der Waals surface area (Å²) in [7, 11) is 0. The Morgan fingerprint density at radius 1 is 0.867 bits per heavy atom. The Labute approximate surface area is 173 Å². The normalized spacial score (nSPS) is 15.1. The van der Waals surface area contributed by atoms with E-state index in [-0.39, 0.29) is 0 Å². The number of hydrogen-bond donors (Lipinski definition) is 1. The summed E-state index contributed by atoms with van der Waals surface area (Å²) in [6, 6.07) is 15.9. The van der Waals surface area contributed by atoms with Crippen LogP contribution in [0.2, 0.25) is 0 Å². The van der Waals surface area contributed by atoms with Crippen LogP contribution in [-0.4, -0.2) is 32.8 Å². The lowest BCUT2D eigenvalue weighted by Gasteiger charge is -2.21. The van der Waals surface area contributed by atoms with Crippen LogP contribution in [0.25, 0.3) is 17.2 Å². The maximum absolute atomic E-state index is 5.75. The topological polar surface area (TPSA) is 73.6 Å². The molecule has 0 bridgehead atoms. The van der Waals surface area contributed by atoms with Gasteiger partial charge in [0.05, 0.1) is 5.69 Å². The van der Waals surface area contributed by atoms with E-state index in [0.29, 0.717) is 24.8 Å². The molecule has 0 atom stereocenters. The first kappa shape index (κ1) is 17.3. The van der Waals surface area contributed by atoms with Gasteiger partial charge < -0.3 is 14.8 Å². The molecule has 2 aromatic heterocycles. The summed E-state index contributed by atoms with van der Waals surface area (Å²) in [5, 5.41) is 8.37. The Kier molecular flexibility index (Phi) is 4.04. The number of ether oxygens (including phenoxy) is 2. The highest BCUT2D eigenvalue weighted by Gasteiger charge is 2.22. The summed E-state index contributed by atoms with van der Waals surface area (Å²) in [6.45, 7) is 1.15. The van der Waals surface area contributed by atoms with E-state index >= 15 is 0 Å². The maximum Gasteiger partial charge on any atom is 0.254 e. The minimum Gasteiger partial charge on any atom is -0.486 e. The number of nitrogens with one attached hydrogen (secondary N) is 1. The van der Waals surface area contributed by atoms with E-state index in [1.807, 2.05) is 53.0 Å². The first-order valence-electron chi connectivity index (χ1n) is 10.4. The number of hydrogen-bond acceptors (Lipinski definition) is 6. The van der Waals surface area contributed by atoms with Crippen LogP contribution in [0.1, 0.15) is 24.1 Å². The van der Waals surface area contributed by atoms with Gasteiger partial charge in [0.1, 0.15) is 19.0 Å². The van der Waals surface area contributed by atoms with Gasteiger partial charge in [-0.05, 0) is 37.8 Å². The van der Waals surface area contributed by atoms with Crippen molar-refractivity contribution in [3.63, 3.8) is 0 Å². The molecule has 3 heterocycles. The highest BCUT2D eigenvalue weighted by Crippen LogP contribution is 2.35. The van der Waals surface area contributed by atoms with Gasteiger partial charge in [-0.1, -0.05) is 30.3 Å². The number of benzene rings is 2. The second-order valence-corrected chi connectivity index (χ2v) is 7.59. The summed E-state index contributed by atoms with van der Waals surface area (Å²) in [5.74, 6) is 3.76. The van der Waals surface area contributed by atoms with Gasteiger partial charge in [0.2, 0.25) is 0 Å². The standard InChI is InChI=1S/C23H21N5O2/c1-2-6-15(7-3-1)21-26-23-25-18-9-5-4-8-17(18)22(28(23)27-21)24-16-10-11-19-20(14-16)30-13-12-29-19/h1-3,6-7,10-11,14,24H,4-5,8-9,12-13H2. The van der Waals surface area contributed by atoms with Gasteiger partial charge in [0, 0.05) is 22.9 Å². The number of aromatic nitrogens is 4. The molecule has 1 N–H and O–H groups in total. The first-order valence-corrected chi connectivity index (χ1v) is 10.4.